The Morgan fingerprint density at radius 3 is 2.44 bits per heavy atom. The summed E-state index contributed by atoms with van der Waals surface area (Å²) in [5.41, 5.74) is 4.54. The summed E-state index contributed by atoms with van der Waals surface area (Å²) in [5, 5.41) is 5.72. The monoisotopic (exact) mass is 477 g/mol. The number of ether oxygens (including phenoxy) is 2. The largest absolute Gasteiger partial charge is 0.493 e. The maximum atomic E-state index is 12.7. The number of anilines is 2. The van der Waals surface area contributed by atoms with Crippen LogP contribution in [0.15, 0.2) is 65.6 Å². The maximum absolute atomic E-state index is 12.7. The van der Waals surface area contributed by atoms with Gasteiger partial charge >= 0.3 is 6.03 Å². The smallest absolute Gasteiger partial charge is 0.319 e. The molecule has 0 atom stereocenters. The molecule has 34 heavy (non-hydrogen) atoms. The Labute approximate surface area is 203 Å². The summed E-state index contributed by atoms with van der Waals surface area (Å²) in [5.74, 6) is 1.69. The molecule has 2 N–H and O–H groups in total. The van der Waals surface area contributed by atoms with Gasteiger partial charge in [-0.3, -0.25) is 4.79 Å². The molecule has 0 unspecified atom stereocenters. The van der Waals surface area contributed by atoms with Gasteiger partial charge < -0.3 is 25.0 Å². The number of rotatable bonds is 7. The van der Waals surface area contributed by atoms with Crippen LogP contribution in [0.25, 0.3) is 0 Å². The average Bonchev–Trinajstić information content (AvgIpc) is 2.85. The van der Waals surface area contributed by atoms with Gasteiger partial charge in [-0.2, -0.15) is 0 Å². The van der Waals surface area contributed by atoms with Crippen LogP contribution in [0.1, 0.15) is 16.7 Å². The van der Waals surface area contributed by atoms with Crippen molar-refractivity contribution < 1.29 is 19.1 Å². The van der Waals surface area contributed by atoms with Crippen molar-refractivity contribution in [2.45, 2.75) is 24.9 Å². The second-order valence-electron chi connectivity index (χ2n) is 7.93. The average molecular weight is 478 g/mol. The third-order valence-electron chi connectivity index (χ3n) is 5.52. The van der Waals surface area contributed by atoms with Gasteiger partial charge in [0.15, 0.2) is 11.5 Å². The predicted molar refractivity (Wildman–Crippen MR) is 135 cm³/mol. The van der Waals surface area contributed by atoms with Crippen LogP contribution in [0.2, 0.25) is 0 Å². The maximum Gasteiger partial charge on any atom is 0.319 e. The molecule has 1 heterocycles. The molecule has 1 aliphatic rings. The minimum absolute atomic E-state index is 0.0492. The summed E-state index contributed by atoms with van der Waals surface area (Å²) in [6.07, 6.45) is 0. The number of nitrogens with zero attached hydrogens (tertiary/aromatic N) is 1. The third kappa shape index (κ3) is 5.46. The van der Waals surface area contributed by atoms with Crippen LogP contribution in [0, 0.1) is 6.92 Å². The molecule has 3 amide bonds. The van der Waals surface area contributed by atoms with Gasteiger partial charge in [0, 0.05) is 17.1 Å². The lowest BCUT2D eigenvalue weighted by Crippen LogP contribution is -2.35. The molecule has 0 aliphatic carbocycles. The Morgan fingerprint density at radius 1 is 0.971 bits per heavy atom. The molecule has 3 aromatic carbocycles. The lowest BCUT2D eigenvalue weighted by molar-refractivity contribution is -0.116. The quantitative estimate of drug-likeness (QED) is 0.502. The Hall–Kier alpha value is -3.65. The van der Waals surface area contributed by atoms with Gasteiger partial charge in [0.25, 0.3) is 0 Å². The number of hydrogen-bond donors (Lipinski definition) is 2. The third-order valence-corrected chi connectivity index (χ3v) is 6.57. The number of benzene rings is 3. The summed E-state index contributed by atoms with van der Waals surface area (Å²) in [4.78, 5) is 28.0. The van der Waals surface area contributed by atoms with Gasteiger partial charge in [0.05, 0.1) is 32.2 Å². The first-order valence-electron chi connectivity index (χ1n) is 10.9. The molecular weight excluding hydrogens is 450 g/mol. The van der Waals surface area contributed by atoms with Crippen LogP contribution in [0.5, 0.6) is 11.5 Å². The SMILES string of the molecule is COc1ccc(CNC(=O)Nc2ccc3c(c2)N(Cc2ccc(C)cc2)C(=O)CS3)cc1OC. The number of urea groups is 1. The van der Waals surface area contributed by atoms with Gasteiger partial charge in [0.1, 0.15) is 0 Å². The highest BCUT2D eigenvalue weighted by Gasteiger charge is 2.25. The summed E-state index contributed by atoms with van der Waals surface area (Å²) in [7, 11) is 3.15. The number of carbonyl (C=O) groups excluding carboxylic acids is 2. The highest BCUT2D eigenvalue weighted by molar-refractivity contribution is 8.00. The molecule has 3 aromatic rings. The van der Waals surface area contributed by atoms with E-state index in [1.807, 2.05) is 61.5 Å². The second kappa shape index (κ2) is 10.5. The molecule has 4 rings (SSSR count). The fourth-order valence-corrected chi connectivity index (χ4v) is 4.59. The summed E-state index contributed by atoms with van der Waals surface area (Å²) in [6, 6.07) is 18.9. The molecule has 176 valence electrons. The zero-order valence-corrected chi connectivity index (χ0v) is 20.2. The summed E-state index contributed by atoms with van der Waals surface area (Å²) < 4.78 is 10.6. The van der Waals surface area contributed by atoms with Crippen molar-refractivity contribution in [1.82, 2.24) is 5.32 Å². The van der Waals surface area contributed by atoms with Crippen LogP contribution in [-0.2, 0) is 17.9 Å². The Bertz CT molecular complexity index is 1200. The van der Waals surface area contributed by atoms with Gasteiger partial charge in [-0.25, -0.2) is 4.79 Å². The number of amides is 3. The zero-order chi connectivity index (χ0) is 24.1. The number of thioether (sulfide) groups is 1. The highest BCUT2D eigenvalue weighted by atomic mass is 32.2. The number of aryl methyl sites for hydroxylation is 1. The van der Waals surface area contributed by atoms with E-state index >= 15 is 0 Å². The molecule has 0 bridgehead atoms. The second-order valence-corrected chi connectivity index (χ2v) is 8.95. The summed E-state index contributed by atoms with van der Waals surface area (Å²) >= 11 is 1.51. The van der Waals surface area contributed by atoms with Crippen molar-refractivity contribution in [3.63, 3.8) is 0 Å². The first-order valence-corrected chi connectivity index (χ1v) is 11.8. The number of nitrogens with one attached hydrogen (secondary N) is 2. The van der Waals surface area contributed by atoms with E-state index in [9.17, 15) is 9.59 Å². The minimum atomic E-state index is -0.338. The van der Waals surface area contributed by atoms with Crippen LogP contribution >= 0.6 is 11.8 Å². The molecule has 0 spiro atoms. The number of carbonyl (C=O) groups is 2. The highest BCUT2D eigenvalue weighted by Crippen LogP contribution is 2.38. The van der Waals surface area contributed by atoms with E-state index in [1.54, 1.807) is 25.2 Å². The summed E-state index contributed by atoms with van der Waals surface area (Å²) in [6.45, 7) is 2.85. The minimum Gasteiger partial charge on any atom is -0.493 e. The Morgan fingerprint density at radius 2 is 1.71 bits per heavy atom. The van der Waals surface area contributed by atoms with Crippen molar-refractivity contribution in [3.8, 4) is 11.5 Å². The molecular formula is C26H27N3O4S. The standard InChI is InChI=1S/C26H27N3O4S/c1-17-4-6-18(7-5-17)15-29-21-13-20(9-11-24(21)34-16-25(29)30)28-26(31)27-14-19-8-10-22(32-2)23(12-19)33-3/h4-13H,14-16H2,1-3H3,(H2,27,28,31). The van der Waals surface area contributed by atoms with Gasteiger partial charge in [-0.15, -0.1) is 11.8 Å². The molecule has 7 nitrogen and oxygen atoms in total. The van der Waals surface area contributed by atoms with Gasteiger partial charge in [0.2, 0.25) is 5.91 Å². The van der Waals surface area contributed by atoms with Crippen LogP contribution in [0.4, 0.5) is 16.2 Å². The Balaban J connectivity index is 1.44. The van der Waals surface area contributed by atoms with Crippen molar-refractivity contribution in [1.29, 1.82) is 0 Å². The molecule has 0 aromatic heterocycles. The fraction of sp³-hybridized carbons (Fsp3) is 0.231. The van der Waals surface area contributed by atoms with Gasteiger partial charge in [-0.1, -0.05) is 35.9 Å². The van der Waals surface area contributed by atoms with E-state index in [0.717, 1.165) is 21.7 Å². The van der Waals surface area contributed by atoms with Crippen molar-refractivity contribution >= 4 is 35.1 Å². The predicted octanol–water partition coefficient (Wildman–Crippen LogP) is 4.97. The lowest BCUT2D eigenvalue weighted by Gasteiger charge is -2.29. The van der Waals surface area contributed by atoms with E-state index in [1.165, 1.54) is 17.3 Å². The molecule has 1 aliphatic heterocycles. The molecule has 0 saturated carbocycles. The molecule has 0 fully saturated rings. The van der Waals surface area contributed by atoms with E-state index in [0.29, 0.717) is 36.0 Å². The number of methoxy groups -OCH3 is 2. The van der Waals surface area contributed by atoms with Gasteiger partial charge in [-0.05, 0) is 48.4 Å². The Kier molecular flexibility index (Phi) is 7.27. The number of fused-ring (bicyclic) bond motifs is 1. The van der Waals surface area contributed by atoms with Crippen molar-refractivity contribution in [2.75, 3.05) is 30.2 Å². The first kappa shape index (κ1) is 23.5. The van der Waals surface area contributed by atoms with Crippen LogP contribution in [0.3, 0.4) is 0 Å². The van der Waals surface area contributed by atoms with Crippen LogP contribution < -0.4 is 25.0 Å². The van der Waals surface area contributed by atoms with Crippen molar-refractivity contribution in [2.24, 2.45) is 0 Å². The first-order chi connectivity index (χ1) is 16.5. The van der Waals surface area contributed by atoms with Crippen LogP contribution in [-0.4, -0.2) is 31.9 Å². The van der Waals surface area contributed by atoms with Crippen molar-refractivity contribution in [3.05, 3.63) is 77.4 Å². The topological polar surface area (TPSA) is 79.9 Å². The van der Waals surface area contributed by atoms with E-state index in [4.69, 9.17) is 9.47 Å². The molecule has 8 heteroatoms. The van der Waals surface area contributed by atoms with E-state index in [2.05, 4.69) is 10.6 Å². The molecule has 0 radical (unpaired) electrons. The zero-order valence-electron chi connectivity index (χ0n) is 19.4. The normalized spacial score (nSPS) is 12.7. The number of hydrogen-bond acceptors (Lipinski definition) is 5. The van der Waals surface area contributed by atoms with E-state index in [-0.39, 0.29) is 11.9 Å². The van der Waals surface area contributed by atoms with E-state index < -0.39 is 0 Å². The lowest BCUT2D eigenvalue weighted by atomic mass is 10.1. The molecule has 0 saturated heterocycles. The fourth-order valence-electron chi connectivity index (χ4n) is 3.68.